The zero-order valence-electron chi connectivity index (χ0n) is 15.0. The molecular formula is C22H30N2. The molecule has 0 spiro atoms. The van der Waals surface area contributed by atoms with Crippen molar-refractivity contribution in [1.82, 2.24) is 5.32 Å². The lowest BCUT2D eigenvalue weighted by Gasteiger charge is -2.29. The lowest BCUT2D eigenvalue weighted by molar-refractivity contribution is 0.410. The van der Waals surface area contributed by atoms with Gasteiger partial charge in [0.2, 0.25) is 0 Å². The number of benzene rings is 2. The molecule has 2 aromatic carbocycles. The normalized spacial score (nSPS) is 16.4. The van der Waals surface area contributed by atoms with E-state index in [0.717, 1.165) is 6.54 Å². The SMILES string of the molecule is CC(C)C(NCc1ccc(N2CCCCC2)cc1)c1ccccc1. The maximum absolute atomic E-state index is 3.74. The van der Waals surface area contributed by atoms with Gasteiger partial charge < -0.3 is 10.2 Å². The van der Waals surface area contributed by atoms with Gasteiger partial charge in [-0.15, -0.1) is 0 Å². The minimum atomic E-state index is 0.396. The maximum atomic E-state index is 3.74. The molecule has 1 aliphatic rings. The summed E-state index contributed by atoms with van der Waals surface area (Å²) in [5, 5.41) is 3.74. The van der Waals surface area contributed by atoms with Gasteiger partial charge in [-0.2, -0.15) is 0 Å². The number of nitrogens with one attached hydrogen (secondary N) is 1. The molecule has 1 saturated heterocycles. The van der Waals surface area contributed by atoms with Crippen molar-refractivity contribution in [1.29, 1.82) is 0 Å². The van der Waals surface area contributed by atoms with E-state index < -0.39 is 0 Å². The number of nitrogens with zero attached hydrogens (tertiary/aromatic N) is 1. The van der Waals surface area contributed by atoms with Crippen molar-refractivity contribution in [3.05, 3.63) is 65.7 Å². The molecule has 1 aliphatic heterocycles. The fraction of sp³-hybridized carbons (Fsp3) is 0.455. The Morgan fingerprint density at radius 2 is 1.54 bits per heavy atom. The van der Waals surface area contributed by atoms with Gasteiger partial charge in [0, 0.05) is 31.4 Å². The van der Waals surface area contributed by atoms with Crippen LogP contribution < -0.4 is 10.2 Å². The number of hydrogen-bond donors (Lipinski definition) is 1. The lowest BCUT2D eigenvalue weighted by atomic mass is 9.96. The molecule has 128 valence electrons. The van der Waals surface area contributed by atoms with Gasteiger partial charge in [-0.3, -0.25) is 0 Å². The van der Waals surface area contributed by atoms with Crippen LogP contribution in [-0.2, 0) is 6.54 Å². The Morgan fingerprint density at radius 3 is 2.17 bits per heavy atom. The summed E-state index contributed by atoms with van der Waals surface area (Å²) in [6.45, 7) is 7.90. The van der Waals surface area contributed by atoms with E-state index in [-0.39, 0.29) is 0 Å². The summed E-state index contributed by atoms with van der Waals surface area (Å²) in [4.78, 5) is 2.52. The molecule has 1 heterocycles. The Labute approximate surface area is 146 Å². The average Bonchev–Trinajstić information content (AvgIpc) is 2.64. The molecule has 1 atom stereocenters. The van der Waals surface area contributed by atoms with E-state index in [0.29, 0.717) is 12.0 Å². The van der Waals surface area contributed by atoms with Crippen LogP contribution in [0.1, 0.15) is 50.3 Å². The number of hydrogen-bond acceptors (Lipinski definition) is 2. The number of piperidine rings is 1. The summed E-state index contributed by atoms with van der Waals surface area (Å²) >= 11 is 0. The highest BCUT2D eigenvalue weighted by Gasteiger charge is 2.15. The van der Waals surface area contributed by atoms with E-state index in [1.54, 1.807) is 0 Å². The number of rotatable bonds is 6. The first-order valence-corrected chi connectivity index (χ1v) is 9.36. The van der Waals surface area contributed by atoms with Gasteiger partial charge in [0.05, 0.1) is 0 Å². The van der Waals surface area contributed by atoms with Gasteiger partial charge in [-0.05, 0) is 48.4 Å². The van der Waals surface area contributed by atoms with Gasteiger partial charge >= 0.3 is 0 Å². The topological polar surface area (TPSA) is 15.3 Å². The first kappa shape index (κ1) is 17.0. The Morgan fingerprint density at radius 1 is 0.875 bits per heavy atom. The molecule has 2 aromatic rings. The fourth-order valence-corrected chi connectivity index (χ4v) is 3.60. The molecule has 0 aliphatic carbocycles. The van der Waals surface area contributed by atoms with Crippen molar-refractivity contribution in [2.45, 2.75) is 45.7 Å². The van der Waals surface area contributed by atoms with E-state index >= 15 is 0 Å². The minimum absolute atomic E-state index is 0.396. The molecule has 0 saturated carbocycles. The van der Waals surface area contributed by atoms with Crippen molar-refractivity contribution in [2.24, 2.45) is 5.92 Å². The molecule has 24 heavy (non-hydrogen) atoms. The van der Waals surface area contributed by atoms with Crippen LogP contribution in [0.15, 0.2) is 54.6 Å². The zero-order valence-corrected chi connectivity index (χ0v) is 15.0. The Hall–Kier alpha value is -1.80. The second-order valence-electron chi connectivity index (χ2n) is 7.23. The minimum Gasteiger partial charge on any atom is -0.372 e. The van der Waals surface area contributed by atoms with Gasteiger partial charge in [0.15, 0.2) is 0 Å². The van der Waals surface area contributed by atoms with Crippen LogP contribution in [0.5, 0.6) is 0 Å². The fourth-order valence-electron chi connectivity index (χ4n) is 3.60. The molecule has 0 bridgehead atoms. The zero-order chi connectivity index (χ0) is 16.8. The predicted octanol–water partition coefficient (Wildman–Crippen LogP) is 5.16. The molecule has 2 nitrogen and oxygen atoms in total. The lowest BCUT2D eigenvalue weighted by Crippen LogP contribution is -2.29. The first-order valence-electron chi connectivity index (χ1n) is 9.36. The van der Waals surface area contributed by atoms with E-state index in [2.05, 4.69) is 78.7 Å². The molecule has 0 amide bonds. The molecule has 0 radical (unpaired) electrons. The third-order valence-electron chi connectivity index (χ3n) is 5.01. The first-order chi connectivity index (χ1) is 11.7. The Bertz CT molecular complexity index is 598. The smallest absolute Gasteiger partial charge is 0.0366 e. The largest absolute Gasteiger partial charge is 0.372 e. The van der Waals surface area contributed by atoms with Crippen molar-refractivity contribution >= 4 is 5.69 Å². The van der Waals surface area contributed by atoms with Gasteiger partial charge in [-0.25, -0.2) is 0 Å². The van der Waals surface area contributed by atoms with Crippen molar-refractivity contribution in [3.63, 3.8) is 0 Å². The second-order valence-corrected chi connectivity index (χ2v) is 7.23. The molecule has 0 aromatic heterocycles. The summed E-state index contributed by atoms with van der Waals surface area (Å²) < 4.78 is 0. The average molecular weight is 322 g/mol. The van der Waals surface area contributed by atoms with E-state index in [4.69, 9.17) is 0 Å². The third-order valence-corrected chi connectivity index (χ3v) is 5.01. The third kappa shape index (κ3) is 4.39. The van der Waals surface area contributed by atoms with Gasteiger partial charge in [0.1, 0.15) is 0 Å². The second kappa shape index (κ2) is 8.34. The van der Waals surface area contributed by atoms with Crippen LogP contribution in [0.2, 0.25) is 0 Å². The summed E-state index contributed by atoms with van der Waals surface area (Å²) in [7, 11) is 0. The van der Waals surface area contributed by atoms with Crippen molar-refractivity contribution in [3.8, 4) is 0 Å². The standard InChI is InChI=1S/C22H30N2/c1-18(2)22(20-9-5-3-6-10-20)23-17-19-11-13-21(14-12-19)24-15-7-4-8-16-24/h3,5-6,9-14,18,22-23H,4,7-8,15-17H2,1-2H3. The van der Waals surface area contributed by atoms with E-state index in [1.165, 1.54) is 49.2 Å². The van der Waals surface area contributed by atoms with E-state index in [1.807, 2.05) is 0 Å². The highest BCUT2D eigenvalue weighted by atomic mass is 15.1. The predicted molar refractivity (Wildman–Crippen MR) is 103 cm³/mol. The highest BCUT2D eigenvalue weighted by Crippen LogP contribution is 2.23. The van der Waals surface area contributed by atoms with Crippen LogP contribution >= 0.6 is 0 Å². The molecule has 1 unspecified atom stereocenters. The van der Waals surface area contributed by atoms with Crippen LogP contribution in [0, 0.1) is 5.92 Å². The summed E-state index contributed by atoms with van der Waals surface area (Å²) in [5.74, 6) is 0.569. The monoisotopic (exact) mass is 322 g/mol. The van der Waals surface area contributed by atoms with Crippen LogP contribution in [0.3, 0.4) is 0 Å². The molecule has 2 heteroatoms. The molecule has 1 N–H and O–H groups in total. The van der Waals surface area contributed by atoms with Gasteiger partial charge in [0.25, 0.3) is 0 Å². The van der Waals surface area contributed by atoms with Crippen molar-refractivity contribution in [2.75, 3.05) is 18.0 Å². The van der Waals surface area contributed by atoms with E-state index in [9.17, 15) is 0 Å². The summed E-state index contributed by atoms with van der Waals surface area (Å²) in [6.07, 6.45) is 4.04. The molecule has 1 fully saturated rings. The maximum Gasteiger partial charge on any atom is 0.0366 e. The van der Waals surface area contributed by atoms with Crippen molar-refractivity contribution < 1.29 is 0 Å². The molecular weight excluding hydrogens is 292 g/mol. The van der Waals surface area contributed by atoms with Gasteiger partial charge in [-0.1, -0.05) is 56.3 Å². The Balaban J connectivity index is 1.61. The van der Waals surface area contributed by atoms with Crippen LogP contribution in [-0.4, -0.2) is 13.1 Å². The summed E-state index contributed by atoms with van der Waals surface area (Å²) in [5.41, 5.74) is 4.11. The quantitative estimate of drug-likeness (QED) is 0.790. The highest BCUT2D eigenvalue weighted by molar-refractivity contribution is 5.47. The van der Waals surface area contributed by atoms with Crippen LogP contribution in [0.25, 0.3) is 0 Å². The summed E-state index contributed by atoms with van der Waals surface area (Å²) in [6, 6.07) is 20.3. The number of anilines is 1. The van der Waals surface area contributed by atoms with Crippen LogP contribution in [0.4, 0.5) is 5.69 Å². The Kier molecular flexibility index (Phi) is 5.92. The molecule has 3 rings (SSSR count).